The van der Waals surface area contributed by atoms with Crippen molar-refractivity contribution in [1.82, 2.24) is 24.6 Å². The first-order chi connectivity index (χ1) is 21.2. The molecule has 0 saturated carbocycles. The van der Waals surface area contributed by atoms with Crippen LogP contribution in [0.3, 0.4) is 0 Å². The van der Waals surface area contributed by atoms with E-state index in [1.54, 1.807) is 18.4 Å². The van der Waals surface area contributed by atoms with Gasteiger partial charge in [0.05, 0.1) is 28.6 Å². The van der Waals surface area contributed by atoms with Crippen LogP contribution < -0.4 is 26.2 Å². The van der Waals surface area contributed by atoms with Crippen LogP contribution in [-0.2, 0) is 28.7 Å². The van der Waals surface area contributed by atoms with Crippen LogP contribution in [0.15, 0.2) is 36.4 Å². The molecule has 1 atom stereocenters. The van der Waals surface area contributed by atoms with E-state index in [9.17, 15) is 9.00 Å². The van der Waals surface area contributed by atoms with Gasteiger partial charge in [0.2, 0.25) is 6.41 Å². The zero-order valence-electron chi connectivity index (χ0n) is 26.1. The molecule has 2 aromatic carbocycles. The maximum atomic E-state index is 11.2. The van der Waals surface area contributed by atoms with E-state index in [0.717, 1.165) is 116 Å². The molecular weight excluding hydrogens is 578 g/mol. The van der Waals surface area contributed by atoms with Crippen LogP contribution in [0.4, 0.5) is 11.5 Å². The molecule has 240 valence electrons. The minimum atomic E-state index is -0.985. The van der Waals surface area contributed by atoms with E-state index in [1.165, 1.54) is 6.07 Å². The van der Waals surface area contributed by atoms with Crippen LogP contribution in [0.5, 0.6) is 11.5 Å². The number of nitrogens with zero attached hydrogens (tertiary/aromatic N) is 3. The minimum Gasteiger partial charge on any atom is -0.508 e. The molecule has 0 fully saturated rings. The molecule has 1 amide bonds. The van der Waals surface area contributed by atoms with Gasteiger partial charge in [0, 0.05) is 55.5 Å². The van der Waals surface area contributed by atoms with Crippen molar-refractivity contribution in [2.45, 2.75) is 71.8 Å². The number of aryl methyl sites for hydroxylation is 3. The molecule has 2 aromatic heterocycles. The van der Waals surface area contributed by atoms with Gasteiger partial charge in [-0.15, -0.1) is 0 Å². The number of imidazole rings is 1. The molecule has 4 aromatic rings. The number of hydrogen-bond acceptors (Lipinski definition) is 8. The molecule has 4 rings (SSSR count). The minimum absolute atomic E-state index is 0.259. The second-order valence-corrected chi connectivity index (χ2v) is 11.9. The lowest BCUT2D eigenvalue weighted by atomic mass is 10.1. The van der Waals surface area contributed by atoms with Crippen molar-refractivity contribution in [1.29, 1.82) is 0 Å². The number of carbonyl (C=O) groups is 1. The molecule has 2 heterocycles. The Balaban J connectivity index is 0.000000502. The van der Waals surface area contributed by atoms with E-state index in [-0.39, 0.29) is 5.75 Å². The Bertz CT molecular complexity index is 1530. The number of benzene rings is 2. The number of nitrogen functional groups attached to an aromatic ring is 2. The first-order valence-corrected chi connectivity index (χ1v) is 16.8. The van der Waals surface area contributed by atoms with Crippen molar-refractivity contribution in [3.8, 4) is 11.5 Å². The van der Waals surface area contributed by atoms with Gasteiger partial charge in [-0.05, 0) is 62.8 Å². The van der Waals surface area contributed by atoms with Crippen LogP contribution in [0.2, 0.25) is 0 Å². The Labute approximate surface area is 262 Å². The summed E-state index contributed by atoms with van der Waals surface area (Å²) in [6.45, 7) is 6.89. The number of anilines is 2. The summed E-state index contributed by atoms with van der Waals surface area (Å²) in [5, 5.41) is 12.7. The van der Waals surface area contributed by atoms with Crippen LogP contribution in [0.25, 0.3) is 21.9 Å². The van der Waals surface area contributed by atoms with Gasteiger partial charge in [-0.1, -0.05) is 25.8 Å². The Morgan fingerprint density at radius 2 is 1.80 bits per heavy atom. The predicted octanol–water partition coefficient (Wildman–Crippen LogP) is 4.75. The van der Waals surface area contributed by atoms with Crippen molar-refractivity contribution in [2.75, 3.05) is 37.4 Å². The molecular formula is C32H47N7O4S. The molecule has 12 heteroatoms. The number of fused-ring (bicyclic) bond motifs is 3. The standard InChI is InChI=1S/C25H38N6O3S.C7H9NO/c1-3-10-22-30-23-24(31(22)15-8-7-14-28-35(2)33)20-12-11-19(17-21(20)29-25(23)26)34-16-9-5-4-6-13-27-18-32;1-5-2-3-6(8)4-7(5)9/h11-12,17-18,28H,3-10,13-16H2,1-2H3,(H2,26,29)(H,27,32);2-4,9H,8H2,1H3. The molecule has 11 nitrogen and oxygen atoms in total. The SMILES string of the molecule is CCCc1nc2c(N)nc3cc(OCCCCCCNC=O)ccc3c2n1CCCCNS(C)=O.Cc1ccc(N)cc1O. The molecule has 0 bridgehead atoms. The van der Waals surface area contributed by atoms with E-state index in [1.807, 2.05) is 19.1 Å². The fourth-order valence-electron chi connectivity index (χ4n) is 4.85. The number of aromatic nitrogens is 3. The third kappa shape index (κ3) is 10.4. The lowest BCUT2D eigenvalue weighted by Gasteiger charge is -2.12. The number of pyridine rings is 1. The van der Waals surface area contributed by atoms with Gasteiger partial charge in [0.1, 0.15) is 22.8 Å². The van der Waals surface area contributed by atoms with Crippen molar-refractivity contribution in [3.63, 3.8) is 0 Å². The predicted molar refractivity (Wildman–Crippen MR) is 180 cm³/mol. The second kappa shape index (κ2) is 18.0. The van der Waals surface area contributed by atoms with Gasteiger partial charge in [0.15, 0.2) is 5.82 Å². The zero-order valence-corrected chi connectivity index (χ0v) is 26.9. The Morgan fingerprint density at radius 3 is 2.50 bits per heavy atom. The fourth-order valence-corrected chi connectivity index (χ4v) is 5.28. The van der Waals surface area contributed by atoms with Crippen molar-refractivity contribution >= 4 is 50.8 Å². The molecule has 0 saturated heterocycles. The number of ether oxygens (including phenoxy) is 1. The summed E-state index contributed by atoms with van der Waals surface area (Å²) in [6.07, 6.45) is 10.2. The van der Waals surface area contributed by atoms with Crippen molar-refractivity contribution in [3.05, 3.63) is 47.8 Å². The number of amides is 1. The fraction of sp³-hybridized carbons (Fsp3) is 0.469. The molecule has 7 N–H and O–H groups in total. The smallest absolute Gasteiger partial charge is 0.207 e. The zero-order chi connectivity index (χ0) is 31.9. The monoisotopic (exact) mass is 625 g/mol. The third-order valence-corrected chi connectivity index (χ3v) is 7.75. The molecule has 44 heavy (non-hydrogen) atoms. The van der Waals surface area contributed by atoms with E-state index < -0.39 is 11.0 Å². The third-order valence-electron chi connectivity index (χ3n) is 7.14. The highest BCUT2D eigenvalue weighted by Crippen LogP contribution is 2.31. The summed E-state index contributed by atoms with van der Waals surface area (Å²) in [6, 6.07) is 11.1. The topological polar surface area (TPSA) is 170 Å². The van der Waals surface area contributed by atoms with Crippen LogP contribution in [0.1, 0.15) is 63.3 Å². The average molecular weight is 626 g/mol. The highest BCUT2D eigenvalue weighted by atomic mass is 32.2. The largest absolute Gasteiger partial charge is 0.508 e. The molecule has 0 aliphatic carbocycles. The molecule has 1 unspecified atom stereocenters. The number of hydrogen-bond donors (Lipinski definition) is 5. The van der Waals surface area contributed by atoms with E-state index >= 15 is 0 Å². The summed E-state index contributed by atoms with van der Waals surface area (Å²) in [7, 11) is -0.985. The summed E-state index contributed by atoms with van der Waals surface area (Å²) >= 11 is 0. The van der Waals surface area contributed by atoms with Gasteiger partial charge in [-0.25, -0.2) is 18.9 Å². The lowest BCUT2D eigenvalue weighted by Crippen LogP contribution is -2.17. The first-order valence-electron chi connectivity index (χ1n) is 15.2. The second-order valence-electron chi connectivity index (χ2n) is 10.7. The first kappa shape index (κ1) is 34.6. The number of carbonyl (C=O) groups excluding carboxylic acids is 1. The molecule has 0 aliphatic rings. The normalized spacial score (nSPS) is 11.7. The number of unbranched alkanes of at least 4 members (excludes halogenated alkanes) is 4. The number of phenolic OH excluding ortho intramolecular Hbond substituents is 1. The average Bonchev–Trinajstić information content (AvgIpc) is 3.35. The number of nitrogens with two attached hydrogens (primary N) is 2. The Kier molecular flexibility index (Phi) is 14.2. The van der Waals surface area contributed by atoms with Crippen molar-refractivity contribution < 1.29 is 18.8 Å². The summed E-state index contributed by atoms with van der Waals surface area (Å²) in [4.78, 5) is 19.8. The number of aromatic hydroxyl groups is 1. The maximum Gasteiger partial charge on any atom is 0.207 e. The van der Waals surface area contributed by atoms with Gasteiger partial charge in [0.25, 0.3) is 0 Å². The Hall–Kier alpha value is -3.90. The van der Waals surface area contributed by atoms with Gasteiger partial charge in [-0.3, -0.25) is 4.79 Å². The molecule has 0 aliphatic heterocycles. The summed E-state index contributed by atoms with van der Waals surface area (Å²) < 4.78 is 22.5. The van der Waals surface area contributed by atoms with Gasteiger partial charge in [-0.2, -0.15) is 0 Å². The molecule has 0 spiro atoms. The van der Waals surface area contributed by atoms with Gasteiger partial charge >= 0.3 is 0 Å². The van der Waals surface area contributed by atoms with E-state index in [0.29, 0.717) is 18.1 Å². The Morgan fingerprint density at radius 1 is 1.02 bits per heavy atom. The van der Waals surface area contributed by atoms with Gasteiger partial charge < -0.3 is 31.2 Å². The van der Waals surface area contributed by atoms with Crippen molar-refractivity contribution in [2.24, 2.45) is 0 Å². The lowest BCUT2D eigenvalue weighted by molar-refractivity contribution is -0.109. The number of phenols is 1. The van der Waals surface area contributed by atoms with Crippen LogP contribution in [0, 0.1) is 6.92 Å². The molecule has 0 radical (unpaired) electrons. The summed E-state index contributed by atoms with van der Waals surface area (Å²) in [5.41, 5.74) is 15.8. The van der Waals surface area contributed by atoms with Crippen LogP contribution in [-0.4, -0.2) is 56.2 Å². The highest BCUT2D eigenvalue weighted by Gasteiger charge is 2.17. The van der Waals surface area contributed by atoms with Crippen LogP contribution >= 0.6 is 0 Å². The summed E-state index contributed by atoms with van der Waals surface area (Å²) in [5.74, 6) is 2.51. The highest BCUT2D eigenvalue weighted by molar-refractivity contribution is 7.82. The number of nitrogens with one attached hydrogen (secondary N) is 2. The number of rotatable bonds is 17. The van der Waals surface area contributed by atoms with E-state index in [4.69, 9.17) is 26.3 Å². The maximum absolute atomic E-state index is 11.2. The van der Waals surface area contributed by atoms with E-state index in [2.05, 4.69) is 32.6 Å². The quantitative estimate of drug-likeness (QED) is 0.0636.